The van der Waals surface area contributed by atoms with E-state index in [1.807, 2.05) is 6.07 Å². The third kappa shape index (κ3) is 6.32. The first kappa shape index (κ1) is 23.3. The zero-order valence-electron chi connectivity index (χ0n) is 17.4. The van der Waals surface area contributed by atoms with Crippen LogP contribution in [0, 0.1) is 11.3 Å². The number of ether oxygens (including phenoxy) is 1. The van der Waals surface area contributed by atoms with E-state index in [1.54, 1.807) is 55.5 Å². The van der Waals surface area contributed by atoms with Crippen LogP contribution < -0.4 is 21.5 Å². The normalized spacial score (nSPS) is 10.1. The molecule has 4 N–H and O–H groups in total. The summed E-state index contributed by atoms with van der Waals surface area (Å²) in [6.07, 6.45) is 0. The second-order valence-corrected chi connectivity index (χ2v) is 7.01. The number of carbonyl (C=O) groups excluding carboxylic acids is 2. The van der Waals surface area contributed by atoms with E-state index < -0.39 is 17.6 Å². The summed E-state index contributed by atoms with van der Waals surface area (Å²) in [6, 6.07) is 14.5. The van der Waals surface area contributed by atoms with E-state index in [0.717, 1.165) is 0 Å². The molecule has 3 aromatic rings. The highest BCUT2D eigenvalue weighted by atomic mass is 35.5. The van der Waals surface area contributed by atoms with Gasteiger partial charge in [-0.25, -0.2) is 9.78 Å². The van der Waals surface area contributed by atoms with Gasteiger partial charge in [0.1, 0.15) is 18.2 Å². The quantitative estimate of drug-likeness (QED) is 0.390. The maximum absolute atomic E-state index is 12.4. The molecule has 3 rings (SSSR count). The second kappa shape index (κ2) is 10.8. The number of nitrogens with zero attached hydrogens (tertiary/aromatic N) is 2. The van der Waals surface area contributed by atoms with Gasteiger partial charge in [0.2, 0.25) is 5.95 Å². The number of hydrogen-bond donors (Lipinski definition) is 4. The minimum absolute atomic E-state index is 0.149. The molecule has 11 heteroatoms. The largest absolute Gasteiger partial charge is 0.465 e. The van der Waals surface area contributed by atoms with Gasteiger partial charge in [-0.1, -0.05) is 23.7 Å². The fraction of sp³-hybridized carbons (Fsp3) is 0.136. The molecule has 168 valence electrons. The molecule has 0 saturated heterocycles. The molecule has 0 aliphatic rings. The van der Waals surface area contributed by atoms with Crippen LogP contribution in [-0.2, 0) is 9.53 Å². The number of esters is 1. The van der Waals surface area contributed by atoms with Gasteiger partial charge < -0.3 is 20.7 Å². The fourth-order valence-electron chi connectivity index (χ4n) is 2.77. The van der Waals surface area contributed by atoms with Crippen molar-refractivity contribution in [1.29, 1.82) is 5.26 Å². The van der Waals surface area contributed by atoms with Crippen LogP contribution in [0.4, 0.5) is 22.1 Å². The van der Waals surface area contributed by atoms with Gasteiger partial charge in [-0.2, -0.15) is 5.26 Å². The van der Waals surface area contributed by atoms with Crippen molar-refractivity contribution in [2.45, 2.75) is 6.92 Å². The number of nitriles is 1. The number of benzene rings is 2. The van der Waals surface area contributed by atoms with E-state index >= 15 is 0 Å². The molecule has 10 nitrogen and oxygen atoms in total. The monoisotopic (exact) mass is 466 g/mol. The van der Waals surface area contributed by atoms with E-state index in [1.165, 1.54) is 0 Å². The molecule has 0 radical (unpaired) electrons. The Morgan fingerprint density at radius 3 is 2.42 bits per heavy atom. The van der Waals surface area contributed by atoms with Gasteiger partial charge in [0.15, 0.2) is 0 Å². The predicted octanol–water partition coefficient (Wildman–Crippen LogP) is 3.39. The van der Waals surface area contributed by atoms with Gasteiger partial charge in [0.05, 0.1) is 12.3 Å². The molecule has 0 fully saturated rings. The lowest BCUT2D eigenvalue weighted by molar-refractivity contribution is -0.141. The number of rotatable bonds is 7. The standard InChI is InChI=1S/C22H19ClN6O4/c1-2-33-18(30)12-25-22(32)27-16-7-3-13(4-8-16)19-17(11-24)20(31)29-21(28-19)26-15-9-5-14(23)6-10-15/h3-10H,2,12H2,1H3,(H2,25,27,32)(H2,26,28,29,31). The summed E-state index contributed by atoms with van der Waals surface area (Å²) >= 11 is 5.89. The van der Waals surface area contributed by atoms with Crippen molar-refractivity contribution in [3.05, 3.63) is 69.5 Å². The lowest BCUT2D eigenvalue weighted by atomic mass is 10.1. The number of aromatic amines is 1. The Morgan fingerprint density at radius 2 is 1.79 bits per heavy atom. The molecule has 2 aromatic carbocycles. The highest BCUT2D eigenvalue weighted by Gasteiger charge is 2.14. The zero-order chi connectivity index (χ0) is 23.8. The summed E-state index contributed by atoms with van der Waals surface area (Å²) in [6.45, 7) is 1.63. The lowest BCUT2D eigenvalue weighted by Gasteiger charge is -2.10. The Kier molecular flexibility index (Phi) is 7.62. The molecule has 1 aromatic heterocycles. The number of carbonyl (C=O) groups is 2. The van der Waals surface area contributed by atoms with Crippen LogP contribution in [0.2, 0.25) is 5.02 Å². The minimum Gasteiger partial charge on any atom is -0.465 e. The first-order valence-corrected chi connectivity index (χ1v) is 10.1. The minimum atomic E-state index is -0.598. The van der Waals surface area contributed by atoms with E-state index in [0.29, 0.717) is 22.0 Å². The average molecular weight is 467 g/mol. The number of H-pyrrole nitrogens is 1. The van der Waals surface area contributed by atoms with Gasteiger partial charge in [-0.15, -0.1) is 0 Å². The van der Waals surface area contributed by atoms with Crippen molar-refractivity contribution in [1.82, 2.24) is 15.3 Å². The number of anilines is 3. The molecular weight excluding hydrogens is 448 g/mol. The van der Waals surface area contributed by atoms with Crippen molar-refractivity contribution >= 4 is 40.9 Å². The average Bonchev–Trinajstić information content (AvgIpc) is 2.80. The number of urea groups is 1. The predicted molar refractivity (Wildman–Crippen MR) is 123 cm³/mol. The van der Waals surface area contributed by atoms with Gasteiger partial charge in [0, 0.05) is 22.0 Å². The van der Waals surface area contributed by atoms with E-state index in [4.69, 9.17) is 16.3 Å². The summed E-state index contributed by atoms with van der Waals surface area (Å²) in [5.41, 5.74) is 1.00. The molecule has 2 amide bonds. The van der Waals surface area contributed by atoms with Crippen LogP contribution in [0.3, 0.4) is 0 Å². The summed E-state index contributed by atoms with van der Waals surface area (Å²) in [5, 5.41) is 17.9. The molecule has 0 aliphatic heterocycles. The highest BCUT2D eigenvalue weighted by Crippen LogP contribution is 2.23. The van der Waals surface area contributed by atoms with Crippen LogP contribution in [0.1, 0.15) is 12.5 Å². The Bertz CT molecular complexity index is 1250. The molecule has 0 atom stereocenters. The van der Waals surface area contributed by atoms with Crippen LogP contribution in [-0.4, -0.2) is 35.1 Å². The van der Waals surface area contributed by atoms with E-state index in [9.17, 15) is 19.6 Å². The molecule has 0 bridgehead atoms. The zero-order valence-corrected chi connectivity index (χ0v) is 18.2. The molecule has 33 heavy (non-hydrogen) atoms. The third-order valence-corrected chi connectivity index (χ3v) is 4.50. The first-order valence-electron chi connectivity index (χ1n) is 9.77. The number of nitrogens with one attached hydrogen (secondary N) is 4. The van der Waals surface area contributed by atoms with Gasteiger partial charge in [-0.05, 0) is 43.3 Å². The topological polar surface area (TPSA) is 149 Å². The van der Waals surface area contributed by atoms with E-state index in [2.05, 4.69) is 25.9 Å². The van der Waals surface area contributed by atoms with Crippen molar-refractivity contribution in [2.24, 2.45) is 0 Å². The van der Waals surface area contributed by atoms with Crippen molar-refractivity contribution in [2.75, 3.05) is 23.8 Å². The first-order chi connectivity index (χ1) is 15.9. The van der Waals surface area contributed by atoms with Crippen LogP contribution >= 0.6 is 11.6 Å². The van der Waals surface area contributed by atoms with Crippen molar-refractivity contribution < 1.29 is 14.3 Å². The smallest absolute Gasteiger partial charge is 0.325 e. The number of halogens is 1. The molecule has 0 spiro atoms. The number of aromatic nitrogens is 2. The lowest BCUT2D eigenvalue weighted by Crippen LogP contribution is -2.34. The summed E-state index contributed by atoms with van der Waals surface area (Å²) in [5.74, 6) is -0.396. The molecular formula is C22H19ClN6O4. The van der Waals surface area contributed by atoms with Crippen molar-refractivity contribution in [3.63, 3.8) is 0 Å². The Morgan fingerprint density at radius 1 is 1.12 bits per heavy atom. The Labute approximate surface area is 193 Å². The fourth-order valence-corrected chi connectivity index (χ4v) is 2.89. The van der Waals surface area contributed by atoms with Crippen LogP contribution in [0.15, 0.2) is 53.3 Å². The summed E-state index contributed by atoms with van der Waals surface area (Å²) in [4.78, 5) is 42.5. The molecule has 0 saturated carbocycles. The second-order valence-electron chi connectivity index (χ2n) is 6.57. The third-order valence-electron chi connectivity index (χ3n) is 4.25. The van der Waals surface area contributed by atoms with Crippen LogP contribution in [0.25, 0.3) is 11.3 Å². The SMILES string of the molecule is CCOC(=O)CNC(=O)Nc1ccc(-c2nc(Nc3ccc(Cl)cc3)[nH]c(=O)c2C#N)cc1. The summed E-state index contributed by atoms with van der Waals surface area (Å²) in [7, 11) is 0. The van der Waals surface area contributed by atoms with Gasteiger partial charge in [0.25, 0.3) is 5.56 Å². The van der Waals surface area contributed by atoms with Crippen LogP contribution in [0.5, 0.6) is 0 Å². The Hall–Kier alpha value is -4.36. The van der Waals surface area contributed by atoms with E-state index in [-0.39, 0.29) is 30.4 Å². The maximum Gasteiger partial charge on any atom is 0.325 e. The summed E-state index contributed by atoms with van der Waals surface area (Å²) < 4.78 is 4.74. The molecule has 1 heterocycles. The number of hydrogen-bond acceptors (Lipinski definition) is 7. The van der Waals surface area contributed by atoms with Gasteiger partial charge in [-0.3, -0.25) is 14.6 Å². The van der Waals surface area contributed by atoms with Gasteiger partial charge >= 0.3 is 12.0 Å². The highest BCUT2D eigenvalue weighted by molar-refractivity contribution is 6.30. The molecule has 0 unspecified atom stereocenters. The maximum atomic E-state index is 12.4. The number of amides is 2. The Balaban J connectivity index is 1.77. The van der Waals surface area contributed by atoms with Crippen molar-refractivity contribution in [3.8, 4) is 17.3 Å². The molecule has 0 aliphatic carbocycles.